The van der Waals surface area contributed by atoms with Crippen molar-refractivity contribution in [2.24, 2.45) is 5.10 Å². The third kappa shape index (κ3) is 5.12. The van der Waals surface area contributed by atoms with Crippen LogP contribution in [0.25, 0.3) is 10.9 Å². The predicted molar refractivity (Wildman–Crippen MR) is 132 cm³/mol. The molecule has 182 valence electrons. The first-order valence-corrected chi connectivity index (χ1v) is 10.5. The fourth-order valence-corrected chi connectivity index (χ4v) is 3.35. The SMILES string of the molecule is COc1cc(C=Nn2c(=O)[nH]c3ccccc3c2=O)cc([N+](=O)[O-])c1OCC(=O)Nc1ccccc1. The predicted octanol–water partition coefficient (Wildman–Crippen LogP) is 2.51. The highest BCUT2D eigenvalue weighted by Gasteiger charge is 2.23. The Balaban J connectivity index is 1.62. The number of rotatable bonds is 8. The normalized spacial score (nSPS) is 10.9. The average molecular weight is 489 g/mol. The average Bonchev–Trinajstić information content (AvgIpc) is 2.87. The Morgan fingerprint density at radius 3 is 2.58 bits per heavy atom. The first-order valence-electron chi connectivity index (χ1n) is 10.5. The maximum Gasteiger partial charge on any atom is 0.349 e. The molecule has 0 aliphatic heterocycles. The Morgan fingerprint density at radius 1 is 1.14 bits per heavy atom. The molecule has 12 heteroatoms. The van der Waals surface area contributed by atoms with Crippen LogP contribution < -0.4 is 26.0 Å². The molecule has 0 saturated carbocycles. The summed E-state index contributed by atoms with van der Waals surface area (Å²) in [6.07, 6.45) is 1.10. The minimum absolute atomic E-state index is 0.0436. The second kappa shape index (κ2) is 10.3. The maximum absolute atomic E-state index is 12.6. The van der Waals surface area contributed by atoms with Crippen LogP contribution in [0.4, 0.5) is 11.4 Å². The Kier molecular flexibility index (Phi) is 6.86. The molecule has 4 rings (SSSR count). The van der Waals surface area contributed by atoms with Gasteiger partial charge in [-0.25, -0.2) is 4.79 Å². The number of ether oxygens (including phenoxy) is 2. The van der Waals surface area contributed by atoms with Crippen LogP contribution >= 0.6 is 0 Å². The molecule has 1 aromatic heterocycles. The van der Waals surface area contributed by atoms with Gasteiger partial charge in [0.1, 0.15) is 0 Å². The molecule has 0 aliphatic carbocycles. The van der Waals surface area contributed by atoms with E-state index in [2.05, 4.69) is 15.4 Å². The number of anilines is 1. The van der Waals surface area contributed by atoms with E-state index in [1.165, 1.54) is 19.2 Å². The number of nitrogens with one attached hydrogen (secondary N) is 2. The van der Waals surface area contributed by atoms with Crippen molar-refractivity contribution in [3.05, 3.63) is 103 Å². The van der Waals surface area contributed by atoms with E-state index in [0.29, 0.717) is 15.9 Å². The summed E-state index contributed by atoms with van der Waals surface area (Å²) in [6.45, 7) is -0.513. The summed E-state index contributed by atoms with van der Waals surface area (Å²) in [7, 11) is 1.27. The molecule has 0 unspecified atom stereocenters. The Hall–Kier alpha value is -5.26. The van der Waals surface area contributed by atoms with Gasteiger partial charge in [-0.2, -0.15) is 5.10 Å². The van der Waals surface area contributed by atoms with Crippen LogP contribution in [-0.4, -0.2) is 40.4 Å². The molecule has 1 heterocycles. The zero-order valence-electron chi connectivity index (χ0n) is 18.8. The van der Waals surface area contributed by atoms with Crippen molar-refractivity contribution < 1.29 is 19.2 Å². The number of fused-ring (bicyclic) bond motifs is 1. The standard InChI is InChI=1S/C24H19N5O7/c1-35-20-12-15(13-25-28-23(31)17-9-5-6-10-18(17)27-24(28)32)11-19(29(33)34)22(20)36-14-21(30)26-16-7-3-2-4-8-16/h2-13H,14H2,1H3,(H,26,30)(H,27,32). The van der Waals surface area contributed by atoms with Crippen molar-refractivity contribution in [1.82, 2.24) is 9.66 Å². The second-order valence-corrected chi connectivity index (χ2v) is 7.37. The molecule has 0 spiro atoms. The monoisotopic (exact) mass is 489 g/mol. The van der Waals surface area contributed by atoms with Gasteiger partial charge in [-0.05, 0) is 30.3 Å². The topological polar surface area (TPSA) is 158 Å². The fourth-order valence-electron chi connectivity index (χ4n) is 3.35. The summed E-state index contributed by atoms with van der Waals surface area (Å²) in [6, 6.07) is 17.5. The number of amides is 1. The Morgan fingerprint density at radius 2 is 1.86 bits per heavy atom. The van der Waals surface area contributed by atoms with Gasteiger partial charge in [0, 0.05) is 17.3 Å². The first kappa shape index (κ1) is 23.9. The summed E-state index contributed by atoms with van der Waals surface area (Å²) in [5.74, 6) is -0.834. The number of aromatic amines is 1. The van der Waals surface area contributed by atoms with Crippen molar-refractivity contribution in [2.45, 2.75) is 0 Å². The lowest BCUT2D eigenvalue weighted by atomic mass is 10.2. The number of nitro benzene ring substituents is 1. The molecule has 0 fully saturated rings. The van der Waals surface area contributed by atoms with Gasteiger partial charge in [0.2, 0.25) is 5.75 Å². The van der Waals surface area contributed by atoms with Gasteiger partial charge in [0.25, 0.3) is 11.5 Å². The van der Waals surface area contributed by atoms with Crippen LogP contribution in [0.1, 0.15) is 5.56 Å². The zero-order chi connectivity index (χ0) is 25.7. The molecule has 0 saturated heterocycles. The zero-order valence-corrected chi connectivity index (χ0v) is 18.8. The Labute approximate surface area is 202 Å². The van der Waals surface area contributed by atoms with Crippen molar-refractivity contribution in [3.63, 3.8) is 0 Å². The first-order chi connectivity index (χ1) is 17.4. The summed E-state index contributed by atoms with van der Waals surface area (Å²) in [5.41, 5.74) is -0.883. The highest BCUT2D eigenvalue weighted by Crippen LogP contribution is 2.38. The van der Waals surface area contributed by atoms with E-state index in [9.17, 15) is 24.5 Å². The molecule has 12 nitrogen and oxygen atoms in total. The van der Waals surface area contributed by atoms with E-state index in [-0.39, 0.29) is 22.4 Å². The lowest BCUT2D eigenvalue weighted by Crippen LogP contribution is -2.32. The van der Waals surface area contributed by atoms with Crippen molar-refractivity contribution >= 4 is 34.4 Å². The van der Waals surface area contributed by atoms with Gasteiger partial charge in [-0.1, -0.05) is 30.3 Å². The quantitative estimate of drug-likeness (QED) is 0.219. The summed E-state index contributed by atoms with van der Waals surface area (Å²) in [5, 5.41) is 18.5. The lowest BCUT2D eigenvalue weighted by Gasteiger charge is -2.12. The van der Waals surface area contributed by atoms with Crippen LogP contribution in [0.3, 0.4) is 0 Å². The number of methoxy groups -OCH3 is 1. The summed E-state index contributed by atoms with van der Waals surface area (Å²) >= 11 is 0. The minimum Gasteiger partial charge on any atom is -0.493 e. The number of benzene rings is 3. The van der Waals surface area contributed by atoms with Gasteiger partial charge < -0.3 is 19.8 Å². The summed E-state index contributed by atoms with van der Waals surface area (Å²) < 4.78 is 11.3. The molecule has 2 N–H and O–H groups in total. The number of carbonyl (C=O) groups is 1. The molecule has 1 amide bonds. The van der Waals surface area contributed by atoms with Crippen LogP contribution in [0.2, 0.25) is 0 Å². The number of aromatic nitrogens is 2. The van der Waals surface area contributed by atoms with E-state index in [1.807, 2.05) is 0 Å². The van der Waals surface area contributed by atoms with Gasteiger partial charge in [0.15, 0.2) is 12.4 Å². The lowest BCUT2D eigenvalue weighted by molar-refractivity contribution is -0.385. The van der Waals surface area contributed by atoms with Crippen LogP contribution in [0, 0.1) is 10.1 Å². The third-order valence-electron chi connectivity index (χ3n) is 4.99. The molecule has 4 aromatic rings. The minimum atomic E-state index is -0.777. The van der Waals surface area contributed by atoms with Crippen LogP contribution in [-0.2, 0) is 4.79 Å². The van der Waals surface area contributed by atoms with Crippen LogP contribution in [0.15, 0.2) is 81.4 Å². The van der Waals surface area contributed by atoms with Crippen molar-refractivity contribution in [3.8, 4) is 11.5 Å². The largest absolute Gasteiger partial charge is 0.493 e. The number of hydrogen-bond donors (Lipinski definition) is 2. The molecule has 36 heavy (non-hydrogen) atoms. The molecule has 3 aromatic carbocycles. The second-order valence-electron chi connectivity index (χ2n) is 7.37. The van der Waals surface area contributed by atoms with E-state index in [0.717, 1.165) is 12.3 Å². The molecule has 0 bridgehead atoms. The summed E-state index contributed by atoms with van der Waals surface area (Å²) in [4.78, 5) is 50.7. The number of para-hydroxylation sites is 2. The van der Waals surface area contributed by atoms with Gasteiger partial charge in [-0.15, -0.1) is 4.68 Å². The highest BCUT2D eigenvalue weighted by molar-refractivity contribution is 5.92. The molecule has 0 aliphatic rings. The number of nitro groups is 1. The smallest absolute Gasteiger partial charge is 0.349 e. The number of hydrogen-bond acceptors (Lipinski definition) is 8. The molecular weight excluding hydrogens is 470 g/mol. The molecule has 0 atom stereocenters. The van der Waals surface area contributed by atoms with Gasteiger partial charge >= 0.3 is 11.4 Å². The van der Waals surface area contributed by atoms with E-state index in [1.54, 1.807) is 48.5 Å². The molecular formula is C24H19N5O7. The van der Waals surface area contributed by atoms with Crippen molar-refractivity contribution in [1.29, 1.82) is 0 Å². The third-order valence-corrected chi connectivity index (χ3v) is 4.99. The number of nitrogens with zero attached hydrogens (tertiary/aromatic N) is 3. The number of H-pyrrole nitrogens is 1. The van der Waals surface area contributed by atoms with Crippen LogP contribution in [0.5, 0.6) is 11.5 Å². The number of carbonyl (C=O) groups excluding carboxylic acids is 1. The molecule has 0 radical (unpaired) electrons. The van der Waals surface area contributed by atoms with E-state index < -0.39 is 34.4 Å². The Bertz CT molecular complexity index is 1590. The fraction of sp³-hybridized carbons (Fsp3) is 0.0833. The van der Waals surface area contributed by atoms with Gasteiger partial charge in [-0.3, -0.25) is 19.7 Å². The maximum atomic E-state index is 12.6. The van der Waals surface area contributed by atoms with Gasteiger partial charge in [0.05, 0.1) is 29.2 Å². The van der Waals surface area contributed by atoms with E-state index >= 15 is 0 Å². The van der Waals surface area contributed by atoms with Crippen molar-refractivity contribution in [2.75, 3.05) is 19.0 Å². The highest BCUT2D eigenvalue weighted by atomic mass is 16.6. The van der Waals surface area contributed by atoms with E-state index in [4.69, 9.17) is 9.47 Å².